The van der Waals surface area contributed by atoms with Crippen molar-refractivity contribution in [1.82, 2.24) is 9.80 Å². The van der Waals surface area contributed by atoms with Crippen LogP contribution in [0.15, 0.2) is 59.5 Å². The van der Waals surface area contributed by atoms with E-state index in [-0.39, 0.29) is 10.8 Å². The van der Waals surface area contributed by atoms with E-state index < -0.39 is 5.60 Å². The molecule has 0 radical (unpaired) electrons. The number of nitrogens with zero attached hydrogens (tertiary/aromatic N) is 2. The lowest BCUT2D eigenvalue weighted by molar-refractivity contribution is 0.0144. The van der Waals surface area contributed by atoms with E-state index in [0.29, 0.717) is 0 Å². The Balaban J connectivity index is 1.27. The van der Waals surface area contributed by atoms with Gasteiger partial charge >= 0.3 is 6.09 Å². The van der Waals surface area contributed by atoms with Gasteiger partial charge in [-0.05, 0) is 100 Å². The van der Waals surface area contributed by atoms with Crippen molar-refractivity contribution in [2.45, 2.75) is 135 Å². The van der Waals surface area contributed by atoms with Crippen LogP contribution in [0.5, 0.6) is 5.75 Å². The first-order chi connectivity index (χ1) is 23.3. The molecule has 0 spiro atoms. The highest BCUT2D eigenvalue weighted by Crippen LogP contribution is 2.37. The highest BCUT2D eigenvalue weighted by atomic mass is 32.2. The van der Waals surface area contributed by atoms with Gasteiger partial charge in [0.2, 0.25) is 0 Å². The molecule has 0 aromatic heterocycles. The first-order valence-electron chi connectivity index (χ1n) is 19.2. The van der Waals surface area contributed by atoms with Gasteiger partial charge in [-0.15, -0.1) is 11.8 Å². The van der Waals surface area contributed by atoms with Gasteiger partial charge in [0.1, 0.15) is 11.4 Å². The van der Waals surface area contributed by atoms with Crippen LogP contribution >= 0.6 is 11.8 Å². The number of carbonyl (C=O) groups excluding carboxylic acids is 1. The van der Waals surface area contributed by atoms with Gasteiger partial charge in [0.05, 0.1) is 6.61 Å². The highest BCUT2D eigenvalue weighted by molar-refractivity contribution is 8.00. The number of amides is 1. The van der Waals surface area contributed by atoms with Crippen molar-refractivity contribution in [1.29, 1.82) is 0 Å². The second-order valence-electron chi connectivity index (χ2n) is 16.0. The number of unbranched alkanes of at least 4 members (excludes halogenated alkanes) is 1. The lowest BCUT2D eigenvalue weighted by atomic mass is 9.93. The number of ether oxygens (including phenoxy) is 2. The monoisotopic (exact) mass is 692 g/mol. The molecule has 2 aromatic carbocycles. The molecule has 3 rings (SSSR count). The highest BCUT2D eigenvalue weighted by Gasteiger charge is 2.25. The van der Waals surface area contributed by atoms with Gasteiger partial charge in [-0.1, -0.05) is 110 Å². The van der Waals surface area contributed by atoms with Gasteiger partial charge in [-0.25, -0.2) is 4.79 Å². The number of carbonyl (C=O) groups is 1. The van der Waals surface area contributed by atoms with Crippen LogP contribution in [0.1, 0.15) is 124 Å². The number of thioether (sulfide) groups is 1. The molecular weight excluding hydrogens is 625 g/mol. The minimum atomic E-state index is -0.443. The van der Waals surface area contributed by atoms with Crippen LogP contribution in [0.4, 0.5) is 4.79 Å². The molecule has 2 unspecified atom stereocenters. The molecule has 0 N–H and O–H groups in total. The fraction of sp³-hybridized carbons (Fsp3) is 0.651. The first-order valence-corrected chi connectivity index (χ1v) is 20.0. The molecule has 2 aromatic rings. The molecule has 0 aliphatic carbocycles. The van der Waals surface area contributed by atoms with Gasteiger partial charge < -0.3 is 14.4 Å². The maximum atomic E-state index is 12.3. The van der Waals surface area contributed by atoms with E-state index >= 15 is 0 Å². The van der Waals surface area contributed by atoms with Crippen molar-refractivity contribution in [3.05, 3.63) is 65.7 Å². The lowest BCUT2D eigenvalue weighted by Gasteiger charge is -2.35. The second kappa shape index (κ2) is 21.0. The molecule has 6 heteroatoms. The minimum Gasteiger partial charge on any atom is -0.494 e. The molecule has 1 fully saturated rings. The Morgan fingerprint density at radius 3 is 2.14 bits per heavy atom. The fourth-order valence-corrected chi connectivity index (χ4v) is 7.37. The quantitative estimate of drug-likeness (QED) is 0.102. The lowest BCUT2D eigenvalue weighted by Crippen LogP contribution is -2.50. The van der Waals surface area contributed by atoms with E-state index in [1.54, 1.807) is 0 Å². The topological polar surface area (TPSA) is 42.0 Å². The van der Waals surface area contributed by atoms with E-state index in [9.17, 15) is 4.79 Å². The van der Waals surface area contributed by atoms with Crippen molar-refractivity contribution in [2.24, 2.45) is 11.8 Å². The summed E-state index contributed by atoms with van der Waals surface area (Å²) in [6, 6.07) is 17.6. The Morgan fingerprint density at radius 2 is 1.49 bits per heavy atom. The Morgan fingerprint density at radius 1 is 0.837 bits per heavy atom. The fourth-order valence-electron chi connectivity index (χ4n) is 6.22. The van der Waals surface area contributed by atoms with Gasteiger partial charge in [-0.3, -0.25) is 4.90 Å². The number of benzene rings is 2. The number of allylic oxidation sites excluding steroid dienone is 1. The molecule has 1 saturated heterocycles. The number of hydrogen-bond acceptors (Lipinski definition) is 5. The summed E-state index contributed by atoms with van der Waals surface area (Å²) in [5.74, 6) is 2.66. The molecule has 1 aliphatic heterocycles. The minimum absolute atomic E-state index is 0.199. The van der Waals surface area contributed by atoms with E-state index in [1.165, 1.54) is 61.0 Å². The van der Waals surface area contributed by atoms with Crippen LogP contribution in [0.25, 0.3) is 6.08 Å². The first kappa shape index (κ1) is 41.0. The summed E-state index contributed by atoms with van der Waals surface area (Å²) in [6.07, 6.45) is 16.7. The van der Waals surface area contributed by atoms with Crippen molar-refractivity contribution >= 4 is 23.9 Å². The third kappa shape index (κ3) is 17.4. The normalized spacial score (nSPS) is 15.8. The zero-order chi connectivity index (χ0) is 35.7. The van der Waals surface area contributed by atoms with Gasteiger partial charge in [0.25, 0.3) is 0 Å². The van der Waals surface area contributed by atoms with Crippen LogP contribution < -0.4 is 4.74 Å². The molecule has 5 nitrogen and oxygen atoms in total. The Kier molecular flexibility index (Phi) is 17.6. The van der Waals surface area contributed by atoms with E-state index in [4.69, 9.17) is 9.47 Å². The predicted molar refractivity (Wildman–Crippen MR) is 211 cm³/mol. The number of rotatable bonds is 20. The summed E-state index contributed by atoms with van der Waals surface area (Å²) in [6.45, 7) is 22.7. The van der Waals surface area contributed by atoms with Gasteiger partial charge in [0.15, 0.2) is 0 Å². The molecule has 2 atom stereocenters. The largest absolute Gasteiger partial charge is 0.494 e. The third-order valence-electron chi connectivity index (χ3n) is 9.59. The molecule has 1 aliphatic rings. The van der Waals surface area contributed by atoms with E-state index in [0.717, 1.165) is 76.2 Å². The molecule has 274 valence electrons. The molecular formula is C43H68N2O3S. The van der Waals surface area contributed by atoms with Crippen molar-refractivity contribution in [2.75, 3.05) is 39.3 Å². The summed E-state index contributed by atoms with van der Waals surface area (Å²) in [7, 11) is 0. The maximum Gasteiger partial charge on any atom is 0.410 e. The Bertz CT molecular complexity index is 1230. The summed E-state index contributed by atoms with van der Waals surface area (Å²) in [4.78, 5) is 17.9. The van der Waals surface area contributed by atoms with E-state index in [2.05, 4.69) is 100 Å². The molecule has 49 heavy (non-hydrogen) atoms. The number of piperazine rings is 1. The van der Waals surface area contributed by atoms with Crippen LogP contribution in [0.2, 0.25) is 0 Å². The van der Waals surface area contributed by atoms with Crippen molar-refractivity contribution in [3.63, 3.8) is 0 Å². The SMILES string of the molecule is CCC(C)CCCC(C)CCCC(C)(C)Sc1ccc(/C=C/Cc2ccc(OCCCCN3CCN(C(=O)OC(C)(C)C)CC3)cc2)cc1. The Labute approximate surface area is 304 Å². The summed E-state index contributed by atoms with van der Waals surface area (Å²) in [5, 5.41) is 0. The smallest absolute Gasteiger partial charge is 0.410 e. The van der Waals surface area contributed by atoms with Crippen molar-refractivity contribution in [3.8, 4) is 5.75 Å². The van der Waals surface area contributed by atoms with Crippen LogP contribution in [-0.2, 0) is 11.2 Å². The molecule has 0 saturated carbocycles. The van der Waals surface area contributed by atoms with Crippen LogP contribution in [0.3, 0.4) is 0 Å². The number of hydrogen-bond donors (Lipinski definition) is 0. The summed E-state index contributed by atoms with van der Waals surface area (Å²) in [5.41, 5.74) is 2.09. The zero-order valence-electron chi connectivity index (χ0n) is 32.3. The maximum absolute atomic E-state index is 12.3. The third-order valence-corrected chi connectivity index (χ3v) is 10.9. The standard InChI is InChI=1S/C43H68N2O3S/c1-9-35(2)15-12-16-36(3)17-14-28-43(7,8)49-40-26-22-38(23-27-40)19-13-18-37-20-24-39(25-21-37)47-34-11-10-29-44-30-32-45(33-31-44)41(46)48-42(4,5)6/h13,19-27,35-36H,9-12,14-18,28-34H2,1-8H3/b19-13+. The van der Waals surface area contributed by atoms with Crippen LogP contribution in [-0.4, -0.2) is 65.6 Å². The van der Waals surface area contributed by atoms with Gasteiger partial charge in [0, 0.05) is 35.8 Å². The molecule has 1 amide bonds. The zero-order valence-corrected chi connectivity index (χ0v) is 33.1. The van der Waals surface area contributed by atoms with Crippen LogP contribution in [0, 0.1) is 11.8 Å². The van der Waals surface area contributed by atoms with E-state index in [1.807, 2.05) is 37.4 Å². The molecule has 1 heterocycles. The second-order valence-corrected chi connectivity index (χ2v) is 17.8. The summed E-state index contributed by atoms with van der Waals surface area (Å²) >= 11 is 2.02. The van der Waals surface area contributed by atoms with Gasteiger partial charge in [-0.2, -0.15) is 0 Å². The average Bonchev–Trinajstić information content (AvgIpc) is 3.05. The molecule has 0 bridgehead atoms. The average molecular weight is 693 g/mol. The summed E-state index contributed by atoms with van der Waals surface area (Å²) < 4.78 is 11.8. The van der Waals surface area contributed by atoms with Crippen molar-refractivity contribution < 1.29 is 14.3 Å². The Hall–Kier alpha value is -2.44. The predicted octanol–water partition coefficient (Wildman–Crippen LogP) is 11.5.